The summed E-state index contributed by atoms with van der Waals surface area (Å²) < 4.78 is 13.5. The van der Waals surface area contributed by atoms with Crippen LogP contribution < -0.4 is 4.74 Å². The molecule has 0 atom stereocenters. The van der Waals surface area contributed by atoms with Crippen LogP contribution in [0.2, 0.25) is 10.0 Å². The van der Waals surface area contributed by atoms with Gasteiger partial charge >= 0.3 is 11.9 Å². The lowest BCUT2D eigenvalue weighted by molar-refractivity contribution is -0.129. The van der Waals surface area contributed by atoms with Crippen molar-refractivity contribution in [3.8, 4) is 5.75 Å². The molecule has 0 radical (unpaired) electrons. The molecule has 1 aliphatic rings. The Morgan fingerprint density at radius 1 is 1.00 bits per heavy atom. The Kier molecular flexibility index (Phi) is 6.83. The Labute approximate surface area is 230 Å². The van der Waals surface area contributed by atoms with Gasteiger partial charge in [-0.25, -0.2) is 14.6 Å². The third-order valence-electron chi connectivity index (χ3n) is 4.96. The first-order chi connectivity index (χ1) is 16.8. The fourth-order valence-electron chi connectivity index (χ4n) is 3.31. The monoisotopic (exact) mass is 649 g/mol. The molecule has 10 heteroatoms. The first kappa shape index (κ1) is 24.2. The van der Waals surface area contributed by atoms with E-state index < -0.39 is 11.9 Å². The van der Waals surface area contributed by atoms with Crippen LogP contribution in [0.5, 0.6) is 5.75 Å². The molecular weight excluding hydrogens is 641 g/mol. The number of thiophene rings is 1. The SMILES string of the molecule is O=C1OC(c2ccc(Cl)cc2)=N/C1=C/c1cc(Br)ccc1OC(=O)c1sc2cc(Br)ccc2c1Cl. The lowest BCUT2D eigenvalue weighted by atomic mass is 10.1. The summed E-state index contributed by atoms with van der Waals surface area (Å²) in [6.45, 7) is 0. The summed E-state index contributed by atoms with van der Waals surface area (Å²) >= 11 is 20.5. The average Bonchev–Trinajstić information content (AvgIpc) is 3.35. The lowest BCUT2D eigenvalue weighted by Crippen LogP contribution is -2.08. The highest BCUT2D eigenvalue weighted by atomic mass is 79.9. The topological polar surface area (TPSA) is 65.0 Å². The van der Waals surface area contributed by atoms with E-state index in [1.54, 1.807) is 42.5 Å². The largest absolute Gasteiger partial charge is 0.422 e. The van der Waals surface area contributed by atoms with E-state index in [0.717, 1.165) is 19.0 Å². The van der Waals surface area contributed by atoms with E-state index in [1.165, 1.54) is 17.4 Å². The quantitative estimate of drug-likeness (QED) is 0.127. The molecule has 3 aromatic carbocycles. The smallest absolute Gasteiger partial charge is 0.363 e. The number of rotatable bonds is 4. The van der Waals surface area contributed by atoms with E-state index in [4.69, 9.17) is 32.7 Å². The molecule has 0 N–H and O–H groups in total. The van der Waals surface area contributed by atoms with Crippen LogP contribution in [0, 0.1) is 0 Å². The van der Waals surface area contributed by atoms with Gasteiger partial charge in [-0.05, 0) is 60.7 Å². The predicted octanol–water partition coefficient (Wildman–Crippen LogP) is 8.30. The fourth-order valence-corrected chi connectivity index (χ4v) is 5.76. The number of benzene rings is 3. The number of fused-ring (bicyclic) bond motifs is 1. The maximum Gasteiger partial charge on any atom is 0.363 e. The van der Waals surface area contributed by atoms with Crippen molar-refractivity contribution in [2.75, 3.05) is 0 Å². The van der Waals surface area contributed by atoms with Gasteiger partial charge in [0.05, 0.1) is 5.02 Å². The summed E-state index contributed by atoms with van der Waals surface area (Å²) in [4.78, 5) is 30.1. The molecule has 4 aromatic rings. The molecule has 0 saturated carbocycles. The Bertz CT molecular complexity index is 1580. The molecule has 0 unspecified atom stereocenters. The first-order valence-corrected chi connectivity index (χ1v) is 13.1. The number of nitrogens with zero attached hydrogens (tertiary/aromatic N) is 1. The van der Waals surface area contributed by atoms with Crippen molar-refractivity contribution in [2.45, 2.75) is 0 Å². The highest BCUT2D eigenvalue weighted by Crippen LogP contribution is 2.38. The molecular formula is C25H11Br2Cl2NO4S. The highest BCUT2D eigenvalue weighted by Gasteiger charge is 2.25. The van der Waals surface area contributed by atoms with Gasteiger partial charge in [-0.15, -0.1) is 11.3 Å². The van der Waals surface area contributed by atoms with Crippen molar-refractivity contribution < 1.29 is 19.1 Å². The molecule has 5 nitrogen and oxygen atoms in total. The lowest BCUT2D eigenvalue weighted by Gasteiger charge is -2.08. The molecule has 174 valence electrons. The third kappa shape index (κ3) is 5.08. The molecule has 0 fully saturated rings. The van der Waals surface area contributed by atoms with E-state index in [-0.39, 0.29) is 22.2 Å². The standard InChI is InChI=1S/C25H11Br2Cl2NO4S/c26-14-4-8-19(33-25(32)22-21(29)17-7-3-15(27)11-20(17)35-22)13(9-14)10-18-24(31)34-23(30-18)12-1-5-16(28)6-2-12/h1-11H/b18-10+. The normalized spacial score (nSPS) is 14.3. The number of ether oxygens (including phenoxy) is 2. The number of hydrogen-bond donors (Lipinski definition) is 0. The molecule has 1 aromatic heterocycles. The number of carbonyl (C=O) groups excluding carboxylic acids is 2. The zero-order valence-electron chi connectivity index (χ0n) is 17.4. The number of carbonyl (C=O) groups is 2. The van der Waals surface area contributed by atoms with Crippen LogP contribution in [0.4, 0.5) is 0 Å². The Morgan fingerprint density at radius 3 is 2.49 bits per heavy atom. The number of esters is 2. The van der Waals surface area contributed by atoms with Gasteiger partial charge in [0.15, 0.2) is 5.70 Å². The zero-order chi connectivity index (χ0) is 24.7. The van der Waals surface area contributed by atoms with Crippen LogP contribution in [-0.4, -0.2) is 17.8 Å². The minimum atomic E-state index is -0.620. The second-order valence-corrected chi connectivity index (χ2v) is 11.0. The Morgan fingerprint density at radius 2 is 1.71 bits per heavy atom. The summed E-state index contributed by atoms with van der Waals surface area (Å²) in [6.07, 6.45) is 1.50. The molecule has 0 bridgehead atoms. The van der Waals surface area contributed by atoms with Crippen molar-refractivity contribution >= 4 is 100 Å². The van der Waals surface area contributed by atoms with Crippen LogP contribution in [0.1, 0.15) is 20.8 Å². The van der Waals surface area contributed by atoms with E-state index in [0.29, 0.717) is 21.2 Å². The predicted molar refractivity (Wildman–Crippen MR) is 146 cm³/mol. The van der Waals surface area contributed by atoms with Gasteiger partial charge in [0.2, 0.25) is 5.90 Å². The third-order valence-corrected chi connectivity index (χ3v) is 7.83. The summed E-state index contributed by atoms with van der Waals surface area (Å²) in [7, 11) is 0. The van der Waals surface area contributed by atoms with Gasteiger partial charge in [-0.2, -0.15) is 0 Å². The molecule has 0 spiro atoms. The summed E-state index contributed by atoms with van der Waals surface area (Å²) in [6, 6.07) is 17.4. The molecule has 0 amide bonds. The molecule has 0 saturated heterocycles. The van der Waals surface area contributed by atoms with E-state index in [9.17, 15) is 9.59 Å². The minimum Gasteiger partial charge on any atom is -0.422 e. The highest BCUT2D eigenvalue weighted by molar-refractivity contribution is 9.10. The minimum absolute atomic E-state index is 0.0649. The summed E-state index contributed by atoms with van der Waals surface area (Å²) in [5, 5.41) is 1.65. The van der Waals surface area contributed by atoms with Crippen LogP contribution >= 0.6 is 66.4 Å². The molecule has 5 rings (SSSR count). The molecule has 35 heavy (non-hydrogen) atoms. The van der Waals surface area contributed by atoms with Gasteiger partial charge in [0.1, 0.15) is 10.6 Å². The maximum absolute atomic E-state index is 13.0. The summed E-state index contributed by atoms with van der Waals surface area (Å²) in [5.41, 5.74) is 1.13. The molecule has 0 aliphatic carbocycles. The zero-order valence-corrected chi connectivity index (χ0v) is 22.9. The van der Waals surface area contributed by atoms with Crippen molar-refractivity contribution in [3.05, 3.63) is 101 Å². The first-order valence-electron chi connectivity index (χ1n) is 9.96. The van der Waals surface area contributed by atoms with E-state index in [1.807, 2.05) is 18.2 Å². The van der Waals surface area contributed by atoms with Crippen LogP contribution in [0.15, 0.2) is 80.3 Å². The number of halogens is 4. The maximum atomic E-state index is 13.0. The summed E-state index contributed by atoms with van der Waals surface area (Å²) in [5.74, 6) is -0.822. The fraction of sp³-hybridized carbons (Fsp3) is 0. The number of cyclic esters (lactones) is 1. The molecule has 2 heterocycles. The van der Waals surface area contributed by atoms with Crippen molar-refractivity contribution in [2.24, 2.45) is 4.99 Å². The van der Waals surface area contributed by atoms with Crippen molar-refractivity contribution in [1.29, 1.82) is 0 Å². The van der Waals surface area contributed by atoms with Crippen LogP contribution in [0.3, 0.4) is 0 Å². The Hall–Kier alpha value is -2.49. The average molecular weight is 652 g/mol. The van der Waals surface area contributed by atoms with Crippen molar-refractivity contribution in [3.63, 3.8) is 0 Å². The van der Waals surface area contributed by atoms with E-state index >= 15 is 0 Å². The molecule has 1 aliphatic heterocycles. The van der Waals surface area contributed by atoms with Crippen molar-refractivity contribution in [1.82, 2.24) is 0 Å². The number of hydrogen-bond acceptors (Lipinski definition) is 6. The number of aliphatic imine (C=N–C) groups is 1. The second-order valence-electron chi connectivity index (χ2n) is 7.30. The van der Waals surface area contributed by atoms with Crippen LogP contribution in [0.25, 0.3) is 16.2 Å². The van der Waals surface area contributed by atoms with Gasteiger partial charge in [-0.3, -0.25) is 0 Å². The second kappa shape index (κ2) is 9.87. The van der Waals surface area contributed by atoms with E-state index in [2.05, 4.69) is 36.9 Å². The van der Waals surface area contributed by atoms with Gasteiger partial charge < -0.3 is 9.47 Å². The van der Waals surface area contributed by atoms with Gasteiger partial charge in [0, 0.05) is 35.2 Å². The van der Waals surface area contributed by atoms with Crippen LogP contribution in [-0.2, 0) is 9.53 Å². The Balaban J connectivity index is 1.47. The van der Waals surface area contributed by atoms with Gasteiger partial charge in [-0.1, -0.05) is 61.1 Å². The van der Waals surface area contributed by atoms with Gasteiger partial charge in [0.25, 0.3) is 0 Å².